The Kier molecular flexibility index (Phi) is 6.08. The van der Waals surface area contributed by atoms with Gasteiger partial charge in [-0.3, -0.25) is 0 Å². The number of carbonyl (C=O) groups excluding carboxylic acids is 1. The molecule has 0 heterocycles. The molecule has 1 aliphatic rings. The van der Waals surface area contributed by atoms with Crippen LogP contribution < -0.4 is 10.6 Å². The average molecular weight is 272 g/mol. The highest BCUT2D eigenvalue weighted by atomic mass is 16.4. The summed E-state index contributed by atoms with van der Waals surface area (Å²) in [6.07, 6.45) is 5.81. The first-order valence-electron chi connectivity index (χ1n) is 6.85. The molecule has 19 heavy (non-hydrogen) atoms. The molecule has 1 unspecified atom stereocenters. The SMILES string of the molecule is CC1(CNC(=O)NC(CCO)C(=O)O)CCCCC1. The van der Waals surface area contributed by atoms with Gasteiger partial charge in [-0.2, -0.15) is 0 Å². The zero-order chi connectivity index (χ0) is 14.3. The van der Waals surface area contributed by atoms with Gasteiger partial charge in [-0.1, -0.05) is 26.2 Å². The van der Waals surface area contributed by atoms with Gasteiger partial charge in [0.25, 0.3) is 0 Å². The van der Waals surface area contributed by atoms with Crippen LogP contribution >= 0.6 is 0 Å². The van der Waals surface area contributed by atoms with Gasteiger partial charge >= 0.3 is 12.0 Å². The van der Waals surface area contributed by atoms with Crippen LogP contribution in [0, 0.1) is 5.41 Å². The van der Waals surface area contributed by atoms with E-state index in [0.29, 0.717) is 6.54 Å². The number of aliphatic hydroxyl groups excluding tert-OH is 1. The molecular weight excluding hydrogens is 248 g/mol. The van der Waals surface area contributed by atoms with E-state index in [1.807, 2.05) is 0 Å². The van der Waals surface area contributed by atoms with Crippen molar-refractivity contribution in [1.82, 2.24) is 10.6 Å². The van der Waals surface area contributed by atoms with Gasteiger partial charge in [-0.05, 0) is 18.3 Å². The lowest BCUT2D eigenvalue weighted by Crippen LogP contribution is -2.48. The molecule has 1 fully saturated rings. The lowest BCUT2D eigenvalue weighted by atomic mass is 9.76. The molecular formula is C13H24N2O4. The maximum atomic E-state index is 11.7. The minimum atomic E-state index is -1.13. The van der Waals surface area contributed by atoms with Gasteiger partial charge in [0.15, 0.2) is 0 Å². The summed E-state index contributed by atoms with van der Waals surface area (Å²) in [4.78, 5) is 22.5. The first-order valence-corrected chi connectivity index (χ1v) is 6.85. The molecule has 6 heteroatoms. The topological polar surface area (TPSA) is 98.7 Å². The fraction of sp³-hybridized carbons (Fsp3) is 0.846. The number of aliphatic hydroxyl groups is 1. The summed E-state index contributed by atoms with van der Waals surface area (Å²) in [7, 11) is 0. The van der Waals surface area contributed by atoms with E-state index < -0.39 is 18.0 Å². The van der Waals surface area contributed by atoms with Gasteiger partial charge in [0.1, 0.15) is 6.04 Å². The second-order valence-corrected chi connectivity index (χ2v) is 5.60. The van der Waals surface area contributed by atoms with Crippen LogP contribution in [0.1, 0.15) is 45.4 Å². The van der Waals surface area contributed by atoms with Crippen molar-refractivity contribution in [2.24, 2.45) is 5.41 Å². The first-order chi connectivity index (χ1) is 8.97. The number of amides is 2. The van der Waals surface area contributed by atoms with E-state index in [0.717, 1.165) is 12.8 Å². The van der Waals surface area contributed by atoms with Crippen LogP contribution in [0.3, 0.4) is 0 Å². The third kappa shape index (κ3) is 5.46. The van der Waals surface area contributed by atoms with Crippen molar-refractivity contribution in [3.63, 3.8) is 0 Å². The molecule has 4 N–H and O–H groups in total. The number of carboxylic acid groups (broad SMARTS) is 1. The summed E-state index contributed by atoms with van der Waals surface area (Å²) in [5.74, 6) is -1.13. The van der Waals surface area contributed by atoms with Crippen molar-refractivity contribution in [1.29, 1.82) is 0 Å². The number of aliphatic carboxylic acids is 1. The Morgan fingerprint density at radius 1 is 1.26 bits per heavy atom. The van der Waals surface area contributed by atoms with Crippen LogP contribution in [-0.2, 0) is 4.79 Å². The Labute approximate surface area is 113 Å². The summed E-state index contributed by atoms with van der Waals surface area (Å²) in [6, 6.07) is -1.52. The van der Waals surface area contributed by atoms with Crippen LogP contribution in [0.2, 0.25) is 0 Å². The Balaban J connectivity index is 2.35. The van der Waals surface area contributed by atoms with E-state index in [-0.39, 0.29) is 18.4 Å². The standard InChI is InChI=1S/C13H24N2O4/c1-13(6-3-2-4-7-13)9-14-12(19)15-10(5-8-16)11(17)18/h10,16H,2-9H2,1H3,(H,17,18)(H2,14,15,19). The van der Waals surface area contributed by atoms with Crippen LogP contribution in [0.25, 0.3) is 0 Å². The van der Waals surface area contributed by atoms with Crippen LogP contribution in [0.4, 0.5) is 4.79 Å². The van der Waals surface area contributed by atoms with E-state index in [9.17, 15) is 9.59 Å². The zero-order valence-corrected chi connectivity index (χ0v) is 11.4. The third-order valence-corrected chi connectivity index (χ3v) is 3.76. The van der Waals surface area contributed by atoms with Gasteiger partial charge in [0.2, 0.25) is 0 Å². The summed E-state index contributed by atoms with van der Waals surface area (Å²) >= 11 is 0. The zero-order valence-electron chi connectivity index (χ0n) is 11.4. The minimum Gasteiger partial charge on any atom is -0.480 e. The summed E-state index contributed by atoms with van der Waals surface area (Å²) in [6.45, 7) is 2.44. The molecule has 1 saturated carbocycles. The Bertz CT molecular complexity index is 314. The van der Waals surface area contributed by atoms with Crippen molar-refractivity contribution in [3.8, 4) is 0 Å². The highest BCUT2D eigenvalue weighted by Gasteiger charge is 2.27. The summed E-state index contributed by atoms with van der Waals surface area (Å²) < 4.78 is 0. The number of hydrogen-bond acceptors (Lipinski definition) is 3. The molecule has 2 amide bonds. The fourth-order valence-corrected chi connectivity index (χ4v) is 2.47. The molecule has 0 aliphatic heterocycles. The number of rotatable bonds is 6. The van der Waals surface area contributed by atoms with Crippen molar-refractivity contribution >= 4 is 12.0 Å². The molecule has 0 aromatic carbocycles. The molecule has 1 aliphatic carbocycles. The number of hydrogen-bond donors (Lipinski definition) is 4. The maximum absolute atomic E-state index is 11.7. The van der Waals surface area contributed by atoms with Crippen molar-refractivity contribution in [2.75, 3.05) is 13.2 Å². The molecule has 0 bridgehead atoms. The second kappa shape index (κ2) is 7.33. The highest BCUT2D eigenvalue weighted by molar-refractivity contribution is 5.82. The van der Waals surface area contributed by atoms with Gasteiger partial charge in [-0.15, -0.1) is 0 Å². The molecule has 0 aromatic rings. The fourth-order valence-electron chi connectivity index (χ4n) is 2.47. The van der Waals surface area contributed by atoms with Gasteiger partial charge in [0.05, 0.1) is 0 Å². The molecule has 6 nitrogen and oxygen atoms in total. The molecule has 0 aromatic heterocycles. The number of nitrogens with one attached hydrogen (secondary N) is 2. The largest absolute Gasteiger partial charge is 0.480 e. The maximum Gasteiger partial charge on any atom is 0.326 e. The normalized spacial score (nSPS) is 19.5. The Morgan fingerprint density at radius 2 is 1.89 bits per heavy atom. The van der Waals surface area contributed by atoms with Crippen molar-refractivity contribution in [2.45, 2.75) is 51.5 Å². The first kappa shape index (κ1) is 15.8. The Hall–Kier alpha value is -1.30. The number of carbonyl (C=O) groups is 2. The predicted molar refractivity (Wildman–Crippen MR) is 70.9 cm³/mol. The monoisotopic (exact) mass is 272 g/mol. The van der Waals surface area contributed by atoms with Crippen molar-refractivity contribution in [3.05, 3.63) is 0 Å². The molecule has 0 radical (unpaired) electrons. The summed E-state index contributed by atoms with van der Waals surface area (Å²) in [5.41, 5.74) is 0.116. The smallest absolute Gasteiger partial charge is 0.326 e. The van der Waals surface area contributed by atoms with Gasteiger partial charge in [0, 0.05) is 19.6 Å². The predicted octanol–water partition coefficient (Wildman–Crippen LogP) is 1.09. The third-order valence-electron chi connectivity index (χ3n) is 3.76. The highest BCUT2D eigenvalue weighted by Crippen LogP contribution is 2.34. The van der Waals surface area contributed by atoms with Gasteiger partial charge in [-0.25, -0.2) is 9.59 Å². The molecule has 110 valence electrons. The summed E-state index contributed by atoms with van der Waals surface area (Å²) in [5, 5.41) is 22.7. The van der Waals surface area contributed by atoms with E-state index in [2.05, 4.69) is 17.6 Å². The van der Waals surface area contributed by atoms with Crippen molar-refractivity contribution < 1.29 is 19.8 Å². The lowest BCUT2D eigenvalue weighted by Gasteiger charge is -2.33. The molecule has 0 saturated heterocycles. The van der Waals surface area contributed by atoms with E-state index in [1.54, 1.807) is 0 Å². The average Bonchev–Trinajstić information content (AvgIpc) is 2.37. The van der Waals surface area contributed by atoms with E-state index >= 15 is 0 Å². The quantitative estimate of drug-likeness (QED) is 0.581. The number of urea groups is 1. The van der Waals surface area contributed by atoms with Crippen LogP contribution in [0.15, 0.2) is 0 Å². The number of carboxylic acids is 1. The second-order valence-electron chi connectivity index (χ2n) is 5.60. The van der Waals surface area contributed by atoms with E-state index in [1.165, 1.54) is 19.3 Å². The lowest BCUT2D eigenvalue weighted by molar-refractivity contribution is -0.139. The molecule has 1 atom stereocenters. The Morgan fingerprint density at radius 3 is 2.42 bits per heavy atom. The molecule has 1 rings (SSSR count). The minimum absolute atomic E-state index is 0.0139. The van der Waals surface area contributed by atoms with Gasteiger partial charge < -0.3 is 20.8 Å². The molecule has 0 spiro atoms. The van der Waals surface area contributed by atoms with Crippen LogP contribution in [0.5, 0.6) is 0 Å². The van der Waals surface area contributed by atoms with E-state index in [4.69, 9.17) is 10.2 Å². The van der Waals surface area contributed by atoms with Crippen LogP contribution in [-0.4, -0.2) is 41.4 Å².